The molecule has 1 aromatic heterocycles. The van der Waals surface area contributed by atoms with Crippen molar-refractivity contribution in [3.8, 4) is 28.4 Å². The minimum Gasteiger partial charge on any atom is -0.508 e. The summed E-state index contributed by atoms with van der Waals surface area (Å²) in [5.74, 6) is -0.505. The molecule has 3 rings (SSSR count). The van der Waals surface area contributed by atoms with Crippen LogP contribution < -0.4 is 9.61 Å². The van der Waals surface area contributed by atoms with E-state index in [0.717, 1.165) is 12.3 Å². The fourth-order valence-electron chi connectivity index (χ4n) is 2.28. The highest BCUT2D eigenvalue weighted by Crippen LogP contribution is 2.30. The molecule has 0 unspecified atom stereocenters. The quantitative estimate of drug-likeness (QED) is 0.697. The zero-order valence-corrected chi connectivity index (χ0v) is 13.2. The summed E-state index contributed by atoms with van der Waals surface area (Å²) in [6, 6.07) is 8.06. The summed E-state index contributed by atoms with van der Waals surface area (Å²) < 4.78 is 32.2. The fraction of sp³-hybridized carbons (Fsp3) is 0.0625. The average molecular weight is 348 g/mol. The van der Waals surface area contributed by atoms with Crippen LogP contribution in [-0.4, -0.2) is 24.9 Å². The third-order valence-corrected chi connectivity index (χ3v) is 3.75. The van der Waals surface area contributed by atoms with Gasteiger partial charge >= 0.3 is 10.1 Å². The van der Waals surface area contributed by atoms with Gasteiger partial charge in [0.1, 0.15) is 34.5 Å². The predicted molar refractivity (Wildman–Crippen MR) is 86.7 cm³/mol. The average Bonchev–Trinajstić information content (AvgIpc) is 2.46. The number of rotatable bonds is 3. The summed E-state index contributed by atoms with van der Waals surface area (Å²) in [4.78, 5) is 12.5. The second kappa shape index (κ2) is 5.57. The second-order valence-corrected chi connectivity index (χ2v) is 6.70. The lowest BCUT2D eigenvalue weighted by Crippen LogP contribution is -2.06. The van der Waals surface area contributed by atoms with E-state index in [1.54, 1.807) is 0 Å². The Kier molecular flexibility index (Phi) is 3.69. The molecule has 0 amide bonds. The number of hydrogen-bond acceptors (Lipinski definition) is 7. The van der Waals surface area contributed by atoms with Crippen molar-refractivity contribution in [2.75, 3.05) is 6.26 Å². The van der Waals surface area contributed by atoms with Crippen LogP contribution in [0.2, 0.25) is 0 Å². The molecule has 7 nitrogen and oxygen atoms in total. The van der Waals surface area contributed by atoms with E-state index in [9.17, 15) is 23.4 Å². The molecule has 0 saturated heterocycles. The lowest BCUT2D eigenvalue weighted by atomic mass is 10.0. The van der Waals surface area contributed by atoms with Gasteiger partial charge < -0.3 is 18.8 Å². The molecular formula is C16H12O7S. The Morgan fingerprint density at radius 2 is 1.75 bits per heavy atom. The SMILES string of the molecule is CS(=O)(=O)Oc1ccc(-c2coc3cc(O)cc(O)c3c2=O)cc1. The maximum absolute atomic E-state index is 12.5. The minimum atomic E-state index is -3.64. The molecule has 0 radical (unpaired) electrons. The van der Waals surface area contributed by atoms with E-state index in [1.807, 2.05) is 0 Å². The molecule has 2 N–H and O–H groups in total. The van der Waals surface area contributed by atoms with Crippen LogP contribution in [0.1, 0.15) is 0 Å². The van der Waals surface area contributed by atoms with Crippen LogP contribution in [0.4, 0.5) is 0 Å². The molecule has 0 bridgehead atoms. The van der Waals surface area contributed by atoms with Gasteiger partial charge in [0.15, 0.2) is 0 Å². The first kappa shape index (κ1) is 15.9. The molecule has 24 heavy (non-hydrogen) atoms. The van der Waals surface area contributed by atoms with Gasteiger partial charge in [-0.2, -0.15) is 8.42 Å². The van der Waals surface area contributed by atoms with Gasteiger partial charge in [-0.05, 0) is 17.7 Å². The van der Waals surface area contributed by atoms with Crippen LogP contribution in [0.3, 0.4) is 0 Å². The van der Waals surface area contributed by atoms with Crippen molar-refractivity contribution in [1.29, 1.82) is 0 Å². The molecule has 0 atom stereocenters. The first-order valence-electron chi connectivity index (χ1n) is 6.72. The molecule has 0 saturated carbocycles. The predicted octanol–water partition coefficient (Wildman–Crippen LogP) is 2.21. The highest BCUT2D eigenvalue weighted by molar-refractivity contribution is 7.86. The molecule has 0 aliphatic rings. The number of hydrogen-bond donors (Lipinski definition) is 2. The van der Waals surface area contributed by atoms with Gasteiger partial charge in [0, 0.05) is 12.1 Å². The molecular weight excluding hydrogens is 336 g/mol. The van der Waals surface area contributed by atoms with Crippen LogP contribution in [0.25, 0.3) is 22.1 Å². The maximum Gasteiger partial charge on any atom is 0.306 e. The molecule has 1 heterocycles. The fourth-order valence-corrected chi connectivity index (χ4v) is 2.74. The van der Waals surface area contributed by atoms with Crippen LogP contribution in [0, 0.1) is 0 Å². The lowest BCUT2D eigenvalue weighted by molar-refractivity contribution is 0.452. The van der Waals surface area contributed by atoms with E-state index in [2.05, 4.69) is 0 Å². The normalized spacial score (nSPS) is 11.5. The second-order valence-electron chi connectivity index (χ2n) is 5.13. The molecule has 0 spiro atoms. The van der Waals surface area contributed by atoms with Crippen molar-refractivity contribution in [3.63, 3.8) is 0 Å². The third-order valence-electron chi connectivity index (χ3n) is 3.25. The molecule has 124 valence electrons. The van der Waals surface area contributed by atoms with Gasteiger partial charge in [-0.15, -0.1) is 0 Å². The summed E-state index contributed by atoms with van der Waals surface area (Å²) in [7, 11) is -3.64. The van der Waals surface area contributed by atoms with Crippen LogP contribution >= 0.6 is 0 Å². The smallest absolute Gasteiger partial charge is 0.306 e. The van der Waals surface area contributed by atoms with E-state index in [1.165, 1.54) is 36.6 Å². The van der Waals surface area contributed by atoms with Crippen LogP contribution in [0.15, 0.2) is 51.9 Å². The third kappa shape index (κ3) is 3.04. The Labute approximate surface area is 136 Å². The van der Waals surface area contributed by atoms with Crippen molar-refractivity contribution in [2.24, 2.45) is 0 Å². The number of phenolic OH excluding ortho intramolecular Hbond substituents is 2. The van der Waals surface area contributed by atoms with Crippen molar-refractivity contribution in [3.05, 3.63) is 52.9 Å². The van der Waals surface area contributed by atoms with E-state index >= 15 is 0 Å². The standard InChI is InChI=1S/C16H12O7S/c1-24(20,21)23-11-4-2-9(3-5-11)12-8-22-14-7-10(17)6-13(18)15(14)16(12)19/h2-8,17-18H,1H3. The minimum absolute atomic E-state index is 0.0539. The lowest BCUT2D eigenvalue weighted by Gasteiger charge is -2.06. The van der Waals surface area contributed by atoms with Crippen molar-refractivity contribution in [1.82, 2.24) is 0 Å². The highest BCUT2D eigenvalue weighted by atomic mass is 32.2. The van der Waals surface area contributed by atoms with Crippen LogP contribution in [-0.2, 0) is 10.1 Å². The number of fused-ring (bicyclic) bond motifs is 1. The topological polar surface area (TPSA) is 114 Å². The van der Waals surface area contributed by atoms with Gasteiger partial charge in [0.05, 0.1) is 11.8 Å². The van der Waals surface area contributed by atoms with E-state index < -0.39 is 21.3 Å². The molecule has 0 aliphatic carbocycles. The van der Waals surface area contributed by atoms with Crippen molar-refractivity contribution in [2.45, 2.75) is 0 Å². The Morgan fingerprint density at radius 3 is 2.38 bits per heavy atom. The monoisotopic (exact) mass is 348 g/mol. The van der Waals surface area contributed by atoms with Gasteiger partial charge in [-0.1, -0.05) is 12.1 Å². The Hall–Kier alpha value is -3.00. The van der Waals surface area contributed by atoms with Gasteiger partial charge in [-0.25, -0.2) is 0 Å². The van der Waals surface area contributed by atoms with Gasteiger partial charge in [-0.3, -0.25) is 4.79 Å². The molecule has 3 aromatic rings. The van der Waals surface area contributed by atoms with E-state index in [0.29, 0.717) is 5.56 Å². The Morgan fingerprint density at radius 1 is 1.08 bits per heavy atom. The molecule has 0 fully saturated rings. The largest absolute Gasteiger partial charge is 0.508 e. The molecule has 2 aromatic carbocycles. The van der Waals surface area contributed by atoms with E-state index in [4.69, 9.17) is 8.60 Å². The van der Waals surface area contributed by atoms with E-state index in [-0.39, 0.29) is 28.0 Å². The van der Waals surface area contributed by atoms with Gasteiger partial charge in [0.25, 0.3) is 0 Å². The number of benzene rings is 2. The van der Waals surface area contributed by atoms with Crippen molar-refractivity contribution >= 4 is 21.1 Å². The Bertz CT molecular complexity index is 1080. The molecule has 0 aliphatic heterocycles. The summed E-state index contributed by atoms with van der Waals surface area (Å²) in [6.07, 6.45) is 2.13. The maximum atomic E-state index is 12.5. The summed E-state index contributed by atoms with van der Waals surface area (Å²) in [6.45, 7) is 0. The Balaban J connectivity index is 2.10. The zero-order valence-electron chi connectivity index (χ0n) is 12.4. The molecule has 8 heteroatoms. The summed E-state index contributed by atoms with van der Waals surface area (Å²) in [5, 5.41) is 19.2. The number of phenols is 2. The highest BCUT2D eigenvalue weighted by Gasteiger charge is 2.14. The van der Waals surface area contributed by atoms with Crippen LogP contribution in [0.5, 0.6) is 17.2 Å². The summed E-state index contributed by atoms with van der Waals surface area (Å²) >= 11 is 0. The van der Waals surface area contributed by atoms with Gasteiger partial charge in [0.2, 0.25) is 5.43 Å². The first-order chi connectivity index (χ1) is 11.2. The first-order valence-corrected chi connectivity index (χ1v) is 8.53. The zero-order chi connectivity index (χ0) is 17.5. The summed E-state index contributed by atoms with van der Waals surface area (Å²) in [5.41, 5.74) is 0.206. The van der Waals surface area contributed by atoms with Crippen molar-refractivity contribution < 1.29 is 27.2 Å². The number of aromatic hydroxyl groups is 2.